The molecule has 2 N–H and O–H groups in total. The smallest absolute Gasteiger partial charge is 0.255 e. The highest BCUT2D eigenvalue weighted by atomic mass is 16.1. The van der Waals surface area contributed by atoms with Crippen molar-refractivity contribution in [2.24, 2.45) is 0 Å². The number of hydrogen-bond donors (Lipinski definition) is 2. The van der Waals surface area contributed by atoms with Gasteiger partial charge in [-0.05, 0) is 43.7 Å². The fraction of sp³-hybridized carbons (Fsp3) is 0.125. The maximum Gasteiger partial charge on any atom is 0.255 e. The molecule has 158 valence electrons. The number of carbonyl (C=O) groups excluding carboxylic acids is 1. The normalized spacial score (nSPS) is 15.1. The van der Waals surface area contributed by atoms with E-state index in [-0.39, 0.29) is 5.91 Å². The van der Waals surface area contributed by atoms with E-state index in [9.17, 15) is 4.79 Å². The van der Waals surface area contributed by atoms with Gasteiger partial charge in [0.15, 0.2) is 5.82 Å². The Bertz CT molecular complexity index is 1310. The highest BCUT2D eigenvalue weighted by Gasteiger charge is 2.34. The van der Waals surface area contributed by atoms with Crippen LogP contribution in [0.5, 0.6) is 0 Å². The number of allylic oxidation sites excluding steroid dienone is 1. The van der Waals surface area contributed by atoms with E-state index in [0.29, 0.717) is 28.7 Å². The van der Waals surface area contributed by atoms with Gasteiger partial charge in [-0.2, -0.15) is 4.98 Å². The van der Waals surface area contributed by atoms with E-state index in [1.807, 2.05) is 50.2 Å². The fourth-order valence-corrected chi connectivity index (χ4v) is 3.83. The zero-order chi connectivity index (χ0) is 22.1. The van der Waals surface area contributed by atoms with Crippen molar-refractivity contribution in [3.05, 3.63) is 95.7 Å². The average Bonchev–Trinajstić information content (AvgIpc) is 3.23. The lowest BCUT2D eigenvalue weighted by Gasteiger charge is -2.28. The van der Waals surface area contributed by atoms with Crippen molar-refractivity contribution in [2.45, 2.75) is 19.9 Å². The van der Waals surface area contributed by atoms with Gasteiger partial charge >= 0.3 is 0 Å². The van der Waals surface area contributed by atoms with E-state index in [2.05, 4.69) is 20.6 Å². The van der Waals surface area contributed by atoms with Crippen LogP contribution in [-0.4, -0.2) is 30.6 Å². The first kappa shape index (κ1) is 19.6. The Morgan fingerprint density at radius 3 is 2.56 bits per heavy atom. The van der Waals surface area contributed by atoms with Crippen LogP contribution >= 0.6 is 0 Å². The monoisotopic (exact) mass is 423 g/mol. The van der Waals surface area contributed by atoms with Crippen LogP contribution in [0.2, 0.25) is 0 Å². The molecule has 0 spiro atoms. The molecule has 4 heterocycles. The zero-order valence-corrected chi connectivity index (χ0v) is 17.6. The molecule has 8 heteroatoms. The van der Waals surface area contributed by atoms with Crippen LogP contribution in [-0.2, 0) is 4.79 Å². The molecule has 3 aromatic heterocycles. The van der Waals surface area contributed by atoms with Gasteiger partial charge in [0, 0.05) is 29.9 Å². The number of nitrogens with one attached hydrogen (secondary N) is 2. The first-order valence-corrected chi connectivity index (χ1v) is 10.2. The Hall–Kier alpha value is -4.33. The van der Waals surface area contributed by atoms with Crippen LogP contribution < -0.4 is 10.6 Å². The summed E-state index contributed by atoms with van der Waals surface area (Å²) in [5.41, 5.74) is 4.74. The van der Waals surface area contributed by atoms with Crippen molar-refractivity contribution in [2.75, 3.05) is 10.6 Å². The van der Waals surface area contributed by atoms with Crippen molar-refractivity contribution in [1.82, 2.24) is 24.7 Å². The lowest BCUT2D eigenvalue weighted by atomic mass is 9.96. The van der Waals surface area contributed by atoms with Gasteiger partial charge in [0.1, 0.15) is 6.04 Å². The number of pyridine rings is 2. The molecular formula is C24H21N7O. The third-order valence-corrected chi connectivity index (χ3v) is 5.29. The molecule has 0 saturated carbocycles. The Morgan fingerprint density at radius 2 is 1.84 bits per heavy atom. The fourth-order valence-electron chi connectivity index (χ4n) is 3.83. The molecule has 4 aromatic rings. The summed E-state index contributed by atoms with van der Waals surface area (Å²) >= 11 is 0. The lowest BCUT2D eigenvalue weighted by molar-refractivity contribution is -0.113. The van der Waals surface area contributed by atoms with Crippen molar-refractivity contribution < 1.29 is 4.79 Å². The number of amides is 1. The van der Waals surface area contributed by atoms with Crippen LogP contribution in [0, 0.1) is 6.92 Å². The third-order valence-electron chi connectivity index (χ3n) is 5.29. The lowest BCUT2D eigenvalue weighted by Crippen LogP contribution is -2.31. The van der Waals surface area contributed by atoms with Crippen molar-refractivity contribution in [3.63, 3.8) is 0 Å². The molecule has 1 unspecified atom stereocenters. The van der Waals surface area contributed by atoms with Gasteiger partial charge in [0.25, 0.3) is 5.91 Å². The first-order valence-electron chi connectivity index (χ1n) is 10.2. The summed E-state index contributed by atoms with van der Waals surface area (Å²) in [6.07, 6.45) is 6.73. The second kappa shape index (κ2) is 8.07. The van der Waals surface area contributed by atoms with E-state index in [1.165, 1.54) is 0 Å². The van der Waals surface area contributed by atoms with E-state index in [4.69, 9.17) is 10.1 Å². The molecule has 8 nitrogen and oxygen atoms in total. The molecule has 1 aromatic carbocycles. The number of rotatable bonds is 4. The molecule has 1 atom stereocenters. The van der Waals surface area contributed by atoms with Crippen molar-refractivity contribution in [3.8, 4) is 11.4 Å². The average molecular weight is 423 g/mol. The number of hydrogen-bond acceptors (Lipinski definition) is 6. The van der Waals surface area contributed by atoms with Crippen LogP contribution in [0.1, 0.15) is 24.1 Å². The van der Waals surface area contributed by atoms with Gasteiger partial charge in [-0.3, -0.25) is 14.8 Å². The Morgan fingerprint density at radius 1 is 1.03 bits per heavy atom. The van der Waals surface area contributed by atoms with Gasteiger partial charge in [-0.25, -0.2) is 4.68 Å². The molecule has 1 aliphatic rings. The Kier molecular flexibility index (Phi) is 4.95. The van der Waals surface area contributed by atoms with Gasteiger partial charge in [-0.1, -0.05) is 29.8 Å². The molecule has 0 radical (unpaired) electrons. The molecule has 1 amide bonds. The summed E-state index contributed by atoms with van der Waals surface area (Å²) in [6.45, 7) is 3.90. The van der Waals surface area contributed by atoms with Gasteiger partial charge < -0.3 is 10.6 Å². The number of carbonyl (C=O) groups is 1. The minimum absolute atomic E-state index is 0.241. The Labute approximate surface area is 185 Å². The van der Waals surface area contributed by atoms with Crippen LogP contribution in [0.25, 0.3) is 11.4 Å². The molecule has 1 aliphatic heterocycles. The van der Waals surface area contributed by atoms with Crippen molar-refractivity contribution >= 4 is 17.5 Å². The standard InChI is InChI=1S/C24H21N7O/c1-15-6-3-7-17(12-15)22-29-24-27-16(2)20(23(32)28-19-9-5-11-26-14-19)21(31(24)30-22)18-8-4-10-25-13-18/h3-14,21H,1-2H3,(H,28,32)(H,27,29,30). The summed E-state index contributed by atoms with van der Waals surface area (Å²) in [6, 6.07) is 14.9. The van der Waals surface area contributed by atoms with Crippen LogP contribution in [0.3, 0.4) is 0 Å². The molecule has 32 heavy (non-hydrogen) atoms. The molecule has 0 bridgehead atoms. The highest BCUT2D eigenvalue weighted by molar-refractivity contribution is 6.05. The number of benzene rings is 1. The summed E-state index contributed by atoms with van der Waals surface area (Å²) in [5.74, 6) is 0.924. The van der Waals surface area contributed by atoms with E-state index in [1.54, 1.807) is 41.6 Å². The minimum Gasteiger partial charge on any atom is -0.328 e. The number of nitrogens with zero attached hydrogens (tertiary/aromatic N) is 5. The predicted molar refractivity (Wildman–Crippen MR) is 122 cm³/mol. The Balaban J connectivity index is 1.60. The predicted octanol–water partition coefficient (Wildman–Crippen LogP) is 3.97. The zero-order valence-electron chi connectivity index (χ0n) is 17.6. The van der Waals surface area contributed by atoms with Crippen LogP contribution in [0.4, 0.5) is 11.6 Å². The second-order valence-corrected chi connectivity index (χ2v) is 7.62. The molecule has 0 fully saturated rings. The van der Waals surface area contributed by atoms with Crippen molar-refractivity contribution in [1.29, 1.82) is 0 Å². The number of aromatic nitrogens is 5. The molecular weight excluding hydrogens is 402 g/mol. The summed E-state index contributed by atoms with van der Waals surface area (Å²) < 4.78 is 1.75. The minimum atomic E-state index is -0.484. The van der Waals surface area contributed by atoms with Gasteiger partial charge in [0.2, 0.25) is 5.95 Å². The van der Waals surface area contributed by atoms with Crippen LogP contribution in [0.15, 0.2) is 84.6 Å². The topological polar surface area (TPSA) is 97.6 Å². The maximum absolute atomic E-state index is 13.4. The summed E-state index contributed by atoms with van der Waals surface area (Å²) in [5, 5.41) is 11.0. The van der Waals surface area contributed by atoms with Gasteiger partial charge in [-0.15, -0.1) is 5.10 Å². The molecule has 0 aliphatic carbocycles. The maximum atomic E-state index is 13.4. The van der Waals surface area contributed by atoms with E-state index in [0.717, 1.165) is 16.7 Å². The highest BCUT2D eigenvalue weighted by Crippen LogP contribution is 2.36. The summed E-state index contributed by atoms with van der Waals surface area (Å²) in [7, 11) is 0. The first-order chi connectivity index (χ1) is 15.6. The molecule has 0 saturated heterocycles. The largest absolute Gasteiger partial charge is 0.328 e. The number of aryl methyl sites for hydroxylation is 1. The SMILES string of the molecule is CC1=C(C(=O)Nc2cccnc2)C(c2cccnc2)n2nc(-c3cccc(C)c3)nc2N1. The van der Waals surface area contributed by atoms with E-state index >= 15 is 0 Å². The number of anilines is 2. The number of fused-ring (bicyclic) bond motifs is 1. The van der Waals surface area contributed by atoms with Gasteiger partial charge in [0.05, 0.1) is 17.5 Å². The summed E-state index contributed by atoms with van der Waals surface area (Å²) in [4.78, 5) is 26.4. The third kappa shape index (κ3) is 3.62. The second-order valence-electron chi connectivity index (χ2n) is 7.62. The molecule has 5 rings (SSSR count). The van der Waals surface area contributed by atoms with E-state index < -0.39 is 6.04 Å². The quantitative estimate of drug-likeness (QED) is 0.515.